The molecular weight excluding hydrogens is 576 g/mol. The van der Waals surface area contributed by atoms with E-state index in [1.54, 1.807) is 18.2 Å². The zero-order valence-corrected chi connectivity index (χ0v) is 29.8. The van der Waals surface area contributed by atoms with E-state index in [1.165, 1.54) is 19.8 Å². The number of rotatable bonds is 12. The molecule has 0 heterocycles. The van der Waals surface area contributed by atoms with Crippen molar-refractivity contribution >= 4 is 23.1 Å². The number of carbonyl (C=O) groups excluding carboxylic acids is 3. The fourth-order valence-electron chi connectivity index (χ4n) is 7.43. The summed E-state index contributed by atoms with van der Waals surface area (Å²) in [5, 5.41) is 11.9. The quantitative estimate of drug-likeness (QED) is 0.0813. The highest BCUT2D eigenvalue weighted by Gasteiger charge is 2.74. The van der Waals surface area contributed by atoms with Crippen LogP contribution in [-0.2, 0) is 14.4 Å². The Morgan fingerprint density at radius 1 is 0.804 bits per heavy atom. The summed E-state index contributed by atoms with van der Waals surface area (Å²) in [6, 6.07) is 4.80. The summed E-state index contributed by atoms with van der Waals surface area (Å²) < 4.78 is 10.9. The SMILES string of the molecule is COc1ccc(/C(O)=C2/C(=O)[C@]3(CC=C(C)C)C[C@H](CC=C(C)C)[C@@](C)(CCC=C(C)C)[C@](CC=C(C)C)(C2=O)C3=O)cc1OC. The van der Waals surface area contributed by atoms with Gasteiger partial charge in [-0.05, 0) is 123 Å². The molecule has 1 aromatic rings. The van der Waals surface area contributed by atoms with E-state index in [1.807, 2.05) is 67.5 Å². The van der Waals surface area contributed by atoms with Gasteiger partial charge < -0.3 is 14.6 Å². The zero-order chi connectivity index (χ0) is 34.6. The smallest absolute Gasteiger partial charge is 0.184 e. The number of methoxy groups -OCH3 is 2. The van der Waals surface area contributed by atoms with Crippen molar-refractivity contribution in [3.63, 3.8) is 0 Å². The highest BCUT2D eigenvalue weighted by Crippen LogP contribution is 2.67. The van der Waals surface area contributed by atoms with Gasteiger partial charge in [0.1, 0.15) is 16.7 Å². The van der Waals surface area contributed by atoms with Gasteiger partial charge in [-0.25, -0.2) is 0 Å². The van der Waals surface area contributed by atoms with Gasteiger partial charge in [-0.15, -0.1) is 0 Å². The predicted octanol–water partition coefficient (Wildman–Crippen LogP) is 9.51. The summed E-state index contributed by atoms with van der Waals surface area (Å²) in [4.78, 5) is 45.5. The van der Waals surface area contributed by atoms with Gasteiger partial charge in [-0.1, -0.05) is 53.5 Å². The molecule has 6 nitrogen and oxygen atoms in total. The molecule has 1 aromatic carbocycles. The van der Waals surface area contributed by atoms with Crippen LogP contribution in [0, 0.1) is 22.2 Å². The van der Waals surface area contributed by atoms with Crippen LogP contribution in [0.3, 0.4) is 0 Å². The summed E-state index contributed by atoms with van der Waals surface area (Å²) in [5.41, 5.74) is 0.397. The van der Waals surface area contributed by atoms with Gasteiger partial charge in [0.2, 0.25) is 0 Å². The van der Waals surface area contributed by atoms with Gasteiger partial charge in [-0.3, -0.25) is 14.4 Å². The molecule has 0 aromatic heterocycles. The van der Waals surface area contributed by atoms with Crippen molar-refractivity contribution in [2.45, 2.75) is 101 Å². The minimum atomic E-state index is -1.55. The molecular formula is C40H54O6. The molecule has 1 N–H and O–H groups in total. The zero-order valence-electron chi connectivity index (χ0n) is 29.8. The fourth-order valence-corrected chi connectivity index (χ4v) is 7.43. The van der Waals surface area contributed by atoms with Gasteiger partial charge in [-0.2, -0.15) is 0 Å². The lowest BCUT2D eigenvalue weighted by Crippen LogP contribution is -2.70. The number of hydrogen-bond donors (Lipinski definition) is 1. The summed E-state index contributed by atoms with van der Waals surface area (Å²) in [7, 11) is 3.00. The Kier molecular flexibility index (Phi) is 11.5. The van der Waals surface area contributed by atoms with E-state index >= 15 is 9.59 Å². The van der Waals surface area contributed by atoms with Crippen LogP contribution in [0.4, 0.5) is 0 Å². The number of ether oxygens (including phenoxy) is 2. The Labute approximate surface area is 276 Å². The maximum Gasteiger partial charge on any atom is 0.184 e. The minimum absolute atomic E-state index is 0.125. The predicted molar refractivity (Wildman–Crippen MR) is 186 cm³/mol. The highest BCUT2D eigenvalue weighted by atomic mass is 16.5. The molecule has 0 radical (unpaired) electrons. The second-order valence-electron chi connectivity index (χ2n) is 14.4. The maximum atomic E-state index is 15.3. The second-order valence-corrected chi connectivity index (χ2v) is 14.4. The molecule has 6 heteroatoms. The van der Waals surface area contributed by atoms with E-state index in [0.29, 0.717) is 37.2 Å². The lowest BCUT2D eigenvalue weighted by Gasteiger charge is -2.61. The summed E-state index contributed by atoms with van der Waals surface area (Å²) in [6.45, 7) is 18.1. The first-order valence-corrected chi connectivity index (χ1v) is 16.4. The van der Waals surface area contributed by atoms with Crippen molar-refractivity contribution in [2.24, 2.45) is 22.2 Å². The number of hydrogen-bond acceptors (Lipinski definition) is 6. The Morgan fingerprint density at radius 2 is 1.37 bits per heavy atom. The number of Topliss-reactive ketones (excluding diaryl/α,β-unsaturated/α-hetero) is 3. The first-order chi connectivity index (χ1) is 21.5. The van der Waals surface area contributed by atoms with Gasteiger partial charge in [0, 0.05) is 5.56 Å². The number of ketones is 3. The Morgan fingerprint density at radius 3 is 1.91 bits per heavy atom. The number of carbonyl (C=O) groups is 3. The molecule has 46 heavy (non-hydrogen) atoms. The van der Waals surface area contributed by atoms with Crippen LogP contribution < -0.4 is 9.47 Å². The number of fused-ring (bicyclic) bond motifs is 2. The largest absolute Gasteiger partial charge is 0.506 e. The van der Waals surface area contributed by atoms with Crippen LogP contribution in [-0.4, -0.2) is 36.7 Å². The first-order valence-electron chi connectivity index (χ1n) is 16.4. The lowest BCUT2D eigenvalue weighted by atomic mass is 9.37. The number of benzene rings is 1. The second kappa shape index (κ2) is 14.4. The average molecular weight is 631 g/mol. The monoisotopic (exact) mass is 630 g/mol. The van der Waals surface area contributed by atoms with Crippen molar-refractivity contribution in [2.75, 3.05) is 14.2 Å². The third kappa shape index (κ3) is 6.59. The van der Waals surface area contributed by atoms with E-state index in [0.717, 1.165) is 16.7 Å². The van der Waals surface area contributed by atoms with Crippen LogP contribution in [0.25, 0.3) is 5.76 Å². The minimum Gasteiger partial charge on any atom is -0.506 e. The number of aliphatic hydroxyl groups excluding tert-OH is 1. The van der Waals surface area contributed by atoms with Crippen molar-refractivity contribution in [3.8, 4) is 11.5 Å². The van der Waals surface area contributed by atoms with E-state index in [9.17, 15) is 9.90 Å². The van der Waals surface area contributed by atoms with Crippen LogP contribution in [0.1, 0.15) is 106 Å². The first kappa shape index (κ1) is 36.8. The van der Waals surface area contributed by atoms with Crippen LogP contribution in [0.2, 0.25) is 0 Å². The molecule has 0 amide bonds. The lowest BCUT2D eigenvalue weighted by molar-refractivity contribution is -0.178. The van der Waals surface area contributed by atoms with Gasteiger partial charge in [0.05, 0.1) is 19.6 Å². The Bertz CT molecular complexity index is 1520. The topological polar surface area (TPSA) is 89.9 Å². The average Bonchev–Trinajstić information content (AvgIpc) is 2.99. The van der Waals surface area contributed by atoms with E-state index in [2.05, 4.69) is 19.1 Å². The number of allylic oxidation sites excluding steroid dienone is 9. The van der Waals surface area contributed by atoms with Crippen molar-refractivity contribution in [1.82, 2.24) is 0 Å². The van der Waals surface area contributed by atoms with E-state index < -0.39 is 33.6 Å². The van der Waals surface area contributed by atoms with Crippen molar-refractivity contribution in [3.05, 3.63) is 75.9 Å². The molecule has 2 aliphatic rings. The van der Waals surface area contributed by atoms with Crippen molar-refractivity contribution < 1.29 is 29.0 Å². The summed E-state index contributed by atoms with van der Waals surface area (Å²) in [6.07, 6.45) is 10.8. The molecule has 0 aliphatic heterocycles. The van der Waals surface area contributed by atoms with E-state index in [-0.39, 0.29) is 35.7 Å². The molecule has 0 saturated heterocycles. The van der Waals surface area contributed by atoms with E-state index in [4.69, 9.17) is 9.47 Å². The molecule has 2 fully saturated rings. The standard InChI is InChI=1S/C40H54O6/c1-25(2)13-12-20-38(9)30(16-14-26(3)4)24-39(21-18-27(5)6)35(42)33(36(43)40(38,37(39)44)22-19-28(7)8)34(41)29-15-17-31(45-10)32(23-29)46-11/h13-15,17-19,23,30,41H,12,16,20-22,24H2,1-11H3/b34-33+/t30-,38+,39-,40+/m0/s1. The maximum absolute atomic E-state index is 15.3. The van der Waals surface area contributed by atoms with Gasteiger partial charge in [0.25, 0.3) is 0 Å². The highest BCUT2D eigenvalue weighted by molar-refractivity contribution is 6.41. The molecule has 2 saturated carbocycles. The third-order valence-corrected chi connectivity index (χ3v) is 10.2. The molecule has 2 bridgehead atoms. The fraction of sp³-hybridized carbons (Fsp3) is 0.525. The van der Waals surface area contributed by atoms with Crippen LogP contribution in [0.5, 0.6) is 11.5 Å². The molecule has 3 rings (SSSR count). The van der Waals surface area contributed by atoms with Crippen LogP contribution in [0.15, 0.2) is 70.4 Å². The van der Waals surface area contributed by atoms with Gasteiger partial charge in [0.15, 0.2) is 28.8 Å². The Hall–Kier alpha value is -3.67. The molecule has 2 aliphatic carbocycles. The summed E-state index contributed by atoms with van der Waals surface area (Å²) in [5.74, 6) is -1.23. The molecule has 0 spiro atoms. The van der Waals surface area contributed by atoms with Crippen molar-refractivity contribution in [1.29, 1.82) is 0 Å². The Balaban J connectivity index is 2.51. The normalized spacial score (nSPS) is 26.6. The van der Waals surface area contributed by atoms with Crippen LogP contribution >= 0.6 is 0 Å². The molecule has 4 atom stereocenters. The molecule has 0 unspecified atom stereocenters. The van der Waals surface area contributed by atoms with Gasteiger partial charge >= 0.3 is 0 Å². The molecule has 250 valence electrons. The summed E-state index contributed by atoms with van der Waals surface area (Å²) >= 11 is 0. The third-order valence-electron chi connectivity index (χ3n) is 10.2. The number of aliphatic hydroxyl groups is 1.